The summed E-state index contributed by atoms with van der Waals surface area (Å²) in [4.78, 5) is 12.6. The lowest BCUT2D eigenvalue weighted by Crippen LogP contribution is -2.49. The number of halogens is 3. The molecule has 4 nitrogen and oxygen atoms in total. The summed E-state index contributed by atoms with van der Waals surface area (Å²) in [6.45, 7) is 0.591. The van der Waals surface area contributed by atoms with E-state index in [1.54, 1.807) is 0 Å². The van der Waals surface area contributed by atoms with Gasteiger partial charge in [-0.2, -0.15) is 0 Å². The molecule has 1 saturated heterocycles. The molecule has 1 aliphatic heterocycles. The molecule has 1 unspecified atom stereocenters. The van der Waals surface area contributed by atoms with Crippen molar-refractivity contribution in [1.29, 1.82) is 0 Å². The molecule has 0 radical (unpaired) electrons. The minimum absolute atomic E-state index is 0.0204. The highest BCUT2D eigenvalue weighted by Gasteiger charge is 2.30. The van der Waals surface area contributed by atoms with E-state index in [1.165, 1.54) is 11.0 Å². The molecule has 1 N–H and O–H groups in total. The molecular weight excluding hydrogens is 324 g/mol. The normalized spacial score (nSPS) is 20.5. The van der Waals surface area contributed by atoms with Crippen molar-refractivity contribution in [2.45, 2.75) is 12.6 Å². The number of rotatable bonds is 3. The maximum Gasteiger partial charge on any atom is 0.323 e. The van der Waals surface area contributed by atoms with Gasteiger partial charge in [-0.15, -0.1) is 0 Å². The van der Waals surface area contributed by atoms with Crippen LogP contribution in [0.15, 0.2) is 16.6 Å². The molecule has 0 saturated carbocycles. The molecule has 1 atom stereocenters. The van der Waals surface area contributed by atoms with E-state index < -0.39 is 23.6 Å². The van der Waals surface area contributed by atoms with Gasteiger partial charge < -0.3 is 9.84 Å². The number of nitrogens with zero attached hydrogens (tertiary/aromatic N) is 1. The molecule has 0 aliphatic carbocycles. The summed E-state index contributed by atoms with van der Waals surface area (Å²) in [7, 11) is 0. The second-order valence-corrected chi connectivity index (χ2v) is 5.08. The number of aliphatic carboxylic acids is 1. The minimum Gasteiger partial charge on any atom is -0.480 e. The van der Waals surface area contributed by atoms with Gasteiger partial charge in [0.25, 0.3) is 0 Å². The summed E-state index contributed by atoms with van der Waals surface area (Å²) in [5, 5.41) is 9.06. The van der Waals surface area contributed by atoms with Crippen molar-refractivity contribution in [3.05, 3.63) is 33.8 Å². The Morgan fingerprint density at radius 1 is 1.53 bits per heavy atom. The lowest BCUT2D eigenvalue weighted by molar-refractivity contribution is -0.150. The lowest BCUT2D eigenvalue weighted by atomic mass is 10.1. The van der Waals surface area contributed by atoms with Crippen molar-refractivity contribution in [3.8, 4) is 0 Å². The average molecular weight is 336 g/mol. The molecule has 19 heavy (non-hydrogen) atoms. The number of benzene rings is 1. The molecule has 0 amide bonds. The summed E-state index contributed by atoms with van der Waals surface area (Å²) < 4.78 is 32.7. The predicted molar refractivity (Wildman–Crippen MR) is 66.7 cm³/mol. The Morgan fingerprint density at radius 3 is 2.95 bits per heavy atom. The van der Waals surface area contributed by atoms with Crippen molar-refractivity contribution in [1.82, 2.24) is 4.90 Å². The Hall–Kier alpha value is -1.05. The predicted octanol–water partition coefficient (Wildman–Crippen LogP) is 2.01. The van der Waals surface area contributed by atoms with E-state index in [4.69, 9.17) is 9.84 Å². The van der Waals surface area contributed by atoms with Crippen LogP contribution in [0, 0.1) is 11.6 Å². The number of hydrogen-bond acceptors (Lipinski definition) is 3. The van der Waals surface area contributed by atoms with Gasteiger partial charge in [0, 0.05) is 18.7 Å². The SMILES string of the molecule is O=C(O)C1COCCN1Cc1c(F)ccc(Br)c1F. The van der Waals surface area contributed by atoms with Crippen molar-refractivity contribution in [2.24, 2.45) is 0 Å². The van der Waals surface area contributed by atoms with Crippen LogP contribution in [0.25, 0.3) is 0 Å². The van der Waals surface area contributed by atoms with Crippen LogP contribution in [0.2, 0.25) is 0 Å². The molecule has 1 aliphatic rings. The van der Waals surface area contributed by atoms with Crippen LogP contribution in [0.3, 0.4) is 0 Å². The van der Waals surface area contributed by atoms with E-state index in [0.717, 1.165) is 6.07 Å². The van der Waals surface area contributed by atoms with Crippen LogP contribution in [0.5, 0.6) is 0 Å². The molecule has 1 aromatic carbocycles. The van der Waals surface area contributed by atoms with E-state index in [9.17, 15) is 13.6 Å². The van der Waals surface area contributed by atoms with Gasteiger partial charge in [-0.3, -0.25) is 9.69 Å². The summed E-state index contributed by atoms with van der Waals surface area (Å²) in [5.41, 5.74) is -0.137. The Labute approximate surface area is 117 Å². The largest absolute Gasteiger partial charge is 0.480 e. The number of ether oxygens (including phenoxy) is 1. The molecule has 0 spiro atoms. The van der Waals surface area contributed by atoms with Gasteiger partial charge in [-0.05, 0) is 28.1 Å². The van der Waals surface area contributed by atoms with E-state index in [0.29, 0.717) is 13.2 Å². The molecule has 1 aromatic rings. The van der Waals surface area contributed by atoms with Crippen LogP contribution in [-0.4, -0.2) is 41.8 Å². The zero-order valence-corrected chi connectivity index (χ0v) is 11.5. The first-order valence-corrected chi connectivity index (χ1v) is 6.47. The highest BCUT2D eigenvalue weighted by atomic mass is 79.9. The van der Waals surface area contributed by atoms with Gasteiger partial charge in [0.15, 0.2) is 0 Å². The fourth-order valence-electron chi connectivity index (χ4n) is 1.97. The number of carboxylic acids is 1. The average Bonchev–Trinajstić information content (AvgIpc) is 2.39. The Kier molecular flexibility index (Phi) is 4.49. The highest BCUT2D eigenvalue weighted by Crippen LogP contribution is 2.24. The maximum atomic E-state index is 13.9. The Balaban J connectivity index is 2.24. The fourth-order valence-corrected chi connectivity index (χ4v) is 2.34. The second-order valence-electron chi connectivity index (χ2n) is 4.22. The maximum absolute atomic E-state index is 13.9. The lowest BCUT2D eigenvalue weighted by Gasteiger charge is -2.32. The molecule has 0 aromatic heterocycles. The first-order valence-electron chi connectivity index (χ1n) is 5.67. The van der Waals surface area contributed by atoms with Gasteiger partial charge in [0.1, 0.15) is 17.7 Å². The van der Waals surface area contributed by atoms with Crippen molar-refractivity contribution >= 4 is 21.9 Å². The van der Waals surface area contributed by atoms with Gasteiger partial charge in [-0.1, -0.05) is 0 Å². The number of carboxylic acid groups (broad SMARTS) is 1. The first kappa shape index (κ1) is 14.4. The van der Waals surface area contributed by atoms with Crippen LogP contribution < -0.4 is 0 Å². The van der Waals surface area contributed by atoms with Crippen LogP contribution in [0.4, 0.5) is 8.78 Å². The smallest absolute Gasteiger partial charge is 0.323 e. The third kappa shape index (κ3) is 3.10. The van der Waals surface area contributed by atoms with Gasteiger partial charge >= 0.3 is 5.97 Å². The van der Waals surface area contributed by atoms with Crippen LogP contribution in [-0.2, 0) is 16.1 Å². The first-order chi connectivity index (χ1) is 9.00. The third-order valence-electron chi connectivity index (χ3n) is 3.02. The summed E-state index contributed by atoms with van der Waals surface area (Å²) in [5.74, 6) is -2.44. The van der Waals surface area contributed by atoms with Crippen molar-refractivity contribution in [3.63, 3.8) is 0 Å². The van der Waals surface area contributed by atoms with Crippen LogP contribution >= 0.6 is 15.9 Å². The summed E-state index contributed by atoms with van der Waals surface area (Å²) >= 11 is 2.99. The van der Waals surface area contributed by atoms with Gasteiger partial charge in [0.2, 0.25) is 0 Å². The van der Waals surface area contributed by atoms with Crippen molar-refractivity contribution in [2.75, 3.05) is 19.8 Å². The Morgan fingerprint density at radius 2 is 2.26 bits per heavy atom. The van der Waals surface area contributed by atoms with Crippen molar-refractivity contribution < 1.29 is 23.4 Å². The summed E-state index contributed by atoms with van der Waals surface area (Å²) in [6.07, 6.45) is 0. The van der Waals surface area contributed by atoms with Gasteiger partial charge in [0.05, 0.1) is 17.7 Å². The van der Waals surface area contributed by atoms with E-state index >= 15 is 0 Å². The minimum atomic E-state index is -1.06. The number of hydrogen-bond donors (Lipinski definition) is 1. The number of carbonyl (C=O) groups is 1. The standard InChI is InChI=1S/C12H12BrF2NO3/c13-8-1-2-9(14)7(11(8)15)5-16-3-4-19-6-10(16)12(17)18/h1-2,10H,3-6H2,(H,17,18). The summed E-state index contributed by atoms with van der Waals surface area (Å²) in [6, 6.07) is 1.55. The Bertz CT molecular complexity index is 498. The van der Waals surface area contributed by atoms with E-state index in [2.05, 4.69) is 15.9 Å². The zero-order chi connectivity index (χ0) is 14.0. The van der Waals surface area contributed by atoms with E-state index in [1.807, 2.05) is 0 Å². The molecule has 7 heteroatoms. The molecule has 1 fully saturated rings. The fraction of sp³-hybridized carbons (Fsp3) is 0.417. The topological polar surface area (TPSA) is 49.8 Å². The second kappa shape index (κ2) is 5.94. The van der Waals surface area contributed by atoms with Gasteiger partial charge in [-0.25, -0.2) is 8.78 Å². The molecular formula is C12H12BrF2NO3. The zero-order valence-electron chi connectivity index (χ0n) is 9.91. The highest BCUT2D eigenvalue weighted by molar-refractivity contribution is 9.10. The monoisotopic (exact) mass is 335 g/mol. The quantitative estimate of drug-likeness (QED) is 0.858. The van der Waals surface area contributed by atoms with Crippen LogP contribution in [0.1, 0.15) is 5.56 Å². The molecule has 2 rings (SSSR count). The molecule has 104 valence electrons. The molecule has 1 heterocycles. The molecule has 0 bridgehead atoms. The van der Waals surface area contributed by atoms with E-state index in [-0.39, 0.29) is 23.2 Å². The third-order valence-corrected chi connectivity index (χ3v) is 3.64. The number of morpholine rings is 1.